The Kier molecular flexibility index (Phi) is 5.75. The van der Waals surface area contributed by atoms with Gasteiger partial charge in [0.2, 0.25) is 0 Å². The highest BCUT2D eigenvalue weighted by atomic mass is 16.5. The first-order chi connectivity index (χ1) is 10.3. The summed E-state index contributed by atoms with van der Waals surface area (Å²) in [5, 5.41) is 11.9. The zero-order valence-corrected chi connectivity index (χ0v) is 13.0. The Balaban J connectivity index is 2.40. The highest BCUT2D eigenvalue weighted by Crippen LogP contribution is 2.29. The molecule has 1 unspecified atom stereocenters. The predicted octanol–water partition coefficient (Wildman–Crippen LogP) is 2.79. The number of benzene rings is 1. The monoisotopic (exact) mass is 288 g/mol. The van der Waals surface area contributed by atoms with Crippen molar-refractivity contribution in [2.24, 2.45) is 0 Å². The maximum Gasteiger partial charge on any atom is 0.124 e. The van der Waals surface area contributed by atoms with E-state index >= 15 is 0 Å². The molecular formula is C16H24N4O. The first-order valence-electron chi connectivity index (χ1n) is 7.56. The van der Waals surface area contributed by atoms with E-state index in [1.165, 1.54) is 0 Å². The smallest absolute Gasteiger partial charge is 0.124 e. The summed E-state index contributed by atoms with van der Waals surface area (Å²) in [6.07, 6.45) is 3.94. The summed E-state index contributed by atoms with van der Waals surface area (Å²) in [7, 11) is 1.71. The molecule has 2 rings (SSSR count). The van der Waals surface area contributed by atoms with Crippen LogP contribution in [0.4, 0.5) is 0 Å². The number of para-hydroxylation sites is 1. The van der Waals surface area contributed by atoms with Crippen molar-refractivity contribution in [3.8, 4) is 5.75 Å². The molecule has 1 aromatic heterocycles. The van der Waals surface area contributed by atoms with Gasteiger partial charge in [0.15, 0.2) is 0 Å². The normalized spacial score (nSPS) is 12.3. The molecule has 1 atom stereocenters. The molecule has 0 bridgehead atoms. The largest absolute Gasteiger partial charge is 0.496 e. The van der Waals surface area contributed by atoms with E-state index in [1.54, 1.807) is 7.11 Å². The number of nitrogens with zero attached hydrogens (tertiary/aromatic N) is 3. The first kappa shape index (κ1) is 15.5. The molecule has 2 aromatic rings. The molecule has 1 N–H and O–H groups in total. The minimum absolute atomic E-state index is 0.0441. The number of aromatic nitrogens is 3. The van der Waals surface area contributed by atoms with E-state index in [0.717, 1.165) is 42.9 Å². The molecule has 0 saturated heterocycles. The van der Waals surface area contributed by atoms with Crippen LogP contribution in [0.15, 0.2) is 30.5 Å². The lowest BCUT2D eigenvalue weighted by molar-refractivity contribution is 0.401. The van der Waals surface area contributed by atoms with Crippen LogP contribution in [-0.2, 0) is 6.54 Å². The van der Waals surface area contributed by atoms with Crippen molar-refractivity contribution in [1.82, 2.24) is 20.3 Å². The molecule has 0 saturated carbocycles. The highest BCUT2D eigenvalue weighted by molar-refractivity contribution is 5.39. The fraction of sp³-hybridized carbons (Fsp3) is 0.500. The Labute approximate surface area is 126 Å². The Bertz CT molecular complexity index is 553. The molecule has 0 aliphatic rings. The number of hydrogen-bond acceptors (Lipinski definition) is 4. The summed E-state index contributed by atoms with van der Waals surface area (Å²) >= 11 is 0. The van der Waals surface area contributed by atoms with Crippen molar-refractivity contribution in [2.75, 3.05) is 13.7 Å². The van der Waals surface area contributed by atoms with Crippen molar-refractivity contribution in [1.29, 1.82) is 0 Å². The van der Waals surface area contributed by atoms with Crippen molar-refractivity contribution in [3.63, 3.8) is 0 Å². The van der Waals surface area contributed by atoms with E-state index in [4.69, 9.17) is 4.74 Å². The van der Waals surface area contributed by atoms with Gasteiger partial charge in [0.25, 0.3) is 0 Å². The van der Waals surface area contributed by atoms with Gasteiger partial charge in [0.05, 0.1) is 25.0 Å². The van der Waals surface area contributed by atoms with Crippen LogP contribution in [0.2, 0.25) is 0 Å². The molecule has 0 radical (unpaired) electrons. The van der Waals surface area contributed by atoms with Gasteiger partial charge in [-0.15, -0.1) is 5.10 Å². The Morgan fingerprint density at radius 2 is 2.05 bits per heavy atom. The van der Waals surface area contributed by atoms with E-state index in [2.05, 4.69) is 35.5 Å². The summed E-state index contributed by atoms with van der Waals surface area (Å²) in [5.41, 5.74) is 2.20. The van der Waals surface area contributed by atoms with Gasteiger partial charge in [-0.05, 0) is 25.5 Å². The van der Waals surface area contributed by atoms with E-state index in [0.29, 0.717) is 0 Å². The van der Waals surface area contributed by atoms with Gasteiger partial charge in [-0.2, -0.15) is 0 Å². The molecule has 0 aliphatic carbocycles. The zero-order valence-electron chi connectivity index (χ0n) is 13.0. The first-order valence-corrected chi connectivity index (χ1v) is 7.56. The van der Waals surface area contributed by atoms with Crippen LogP contribution in [0, 0.1) is 0 Å². The summed E-state index contributed by atoms with van der Waals surface area (Å²) in [4.78, 5) is 0. The molecule has 5 heteroatoms. The third-order valence-corrected chi connectivity index (χ3v) is 3.43. The third-order valence-electron chi connectivity index (χ3n) is 3.43. The Morgan fingerprint density at radius 1 is 1.24 bits per heavy atom. The van der Waals surface area contributed by atoms with Gasteiger partial charge in [0.1, 0.15) is 5.75 Å². The molecule has 114 valence electrons. The minimum Gasteiger partial charge on any atom is -0.496 e. The minimum atomic E-state index is 0.0441. The van der Waals surface area contributed by atoms with Crippen LogP contribution in [-0.4, -0.2) is 28.6 Å². The van der Waals surface area contributed by atoms with Gasteiger partial charge in [0, 0.05) is 12.1 Å². The van der Waals surface area contributed by atoms with Gasteiger partial charge < -0.3 is 10.1 Å². The van der Waals surface area contributed by atoms with Crippen LogP contribution in [0.3, 0.4) is 0 Å². The van der Waals surface area contributed by atoms with Gasteiger partial charge in [-0.25, -0.2) is 4.68 Å². The average Bonchev–Trinajstić information content (AvgIpc) is 2.97. The molecule has 5 nitrogen and oxygen atoms in total. The van der Waals surface area contributed by atoms with E-state index < -0.39 is 0 Å². The fourth-order valence-corrected chi connectivity index (χ4v) is 2.44. The lowest BCUT2D eigenvalue weighted by Gasteiger charge is -2.21. The van der Waals surface area contributed by atoms with Crippen LogP contribution in [0.5, 0.6) is 5.75 Å². The highest BCUT2D eigenvalue weighted by Gasteiger charge is 2.21. The summed E-state index contributed by atoms with van der Waals surface area (Å²) in [6.45, 7) is 6.10. The second-order valence-corrected chi connectivity index (χ2v) is 5.01. The molecule has 21 heavy (non-hydrogen) atoms. The molecule has 0 amide bonds. The Morgan fingerprint density at radius 3 is 2.76 bits per heavy atom. The number of ether oxygens (including phenoxy) is 1. The SMILES string of the molecule is CCCNC(c1ccccc1OC)c1cnnn1CCC. The fourth-order valence-electron chi connectivity index (χ4n) is 2.44. The molecule has 0 spiro atoms. The van der Waals surface area contributed by atoms with Gasteiger partial charge in [-0.3, -0.25) is 0 Å². The van der Waals surface area contributed by atoms with Gasteiger partial charge in [-0.1, -0.05) is 37.3 Å². The van der Waals surface area contributed by atoms with E-state index in [1.807, 2.05) is 29.1 Å². The molecule has 1 heterocycles. The molecule has 0 fully saturated rings. The number of nitrogens with one attached hydrogen (secondary N) is 1. The second kappa shape index (κ2) is 7.78. The van der Waals surface area contributed by atoms with Crippen molar-refractivity contribution in [3.05, 3.63) is 41.7 Å². The topological polar surface area (TPSA) is 52.0 Å². The summed E-state index contributed by atoms with van der Waals surface area (Å²) in [5.74, 6) is 0.885. The lowest BCUT2D eigenvalue weighted by atomic mass is 10.0. The van der Waals surface area contributed by atoms with E-state index in [-0.39, 0.29) is 6.04 Å². The third kappa shape index (κ3) is 3.61. The molecule has 1 aromatic carbocycles. The van der Waals surface area contributed by atoms with Crippen LogP contribution in [0.25, 0.3) is 0 Å². The zero-order chi connectivity index (χ0) is 15.1. The van der Waals surface area contributed by atoms with Crippen LogP contribution < -0.4 is 10.1 Å². The maximum atomic E-state index is 5.51. The van der Waals surface area contributed by atoms with Crippen molar-refractivity contribution < 1.29 is 4.74 Å². The average molecular weight is 288 g/mol. The standard InChI is InChI=1S/C16H24N4O/c1-4-10-17-16(13-8-6-7-9-15(13)21-3)14-12-18-19-20(14)11-5-2/h6-9,12,16-17H,4-5,10-11H2,1-3H3. The summed E-state index contributed by atoms with van der Waals surface area (Å²) in [6, 6.07) is 8.15. The van der Waals surface area contributed by atoms with E-state index in [9.17, 15) is 0 Å². The second-order valence-electron chi connectivity index (χ2n) is 5.01. The predicted molar refractivity (Wildman–Crippen MR) is 83.4 cm³/mol. The lowest BCUT2D eigenvalue weighted by Crippen LogP contribution is -2.26. The molecule has 0 aliphatic heterocycles. The number of rotatable bonds is 8. The quantitative estimate of drug-likeness (QED) is 0.811. The Hall–Kier alpha value is -1.88. The van der Waals surface area contributed by atoms with Gasteiger partial charge >= 0.3 is 0 Å². The number of aryl methyl sites for hydroxylation is 1. The van der Waals surface area contributed by atoms with Crippen molar-refractivity contribution >= 4 is 0 Å². The van der Waals surface area contributed by atoms with Crippen LogP contribution >= 0.6 is 0 Å². The molecular weight excluding hydrogens is 264 g/mol. The van der Waals surface area contributed by atoms with Crippen LogP contribution in [0.1, 0.15) is 44.0 Å². The maximum absolute atomic E-state index is 5.51. The number of methoxy groups -OCH3 is 1. The van der Waals surface area contributed by atoms with Crippen molar-refractivity contribution in [2.45, 2.75) is 39.3 Å². The number of hydrogen-bond donors (Lipinski definition) is 1. The summed E-state index contributed by atoms with van der Waals surface area (Å²) < 4.78 is 7.49.